The smallest absolute Gasteiger partial charge is 0.250 e. The number of nitrogens with one attached hydrogen (secondary N) is 1. The van der Waals surface area contributed by atoms with E-state index in [0.717, 1.165) is 16.1 Å². The summed E-state index contributed by atoms with van der Waals surface area (Å²) in [5, 5.41) is 15.3. The molecule has 0 saturated carbocycles. The minimum Gasteiger partial charge on any atom is -0.493 e. The fourth-order valence-corrected chi connectivity index (χ4v) is 4.36. The number of carbonyl (C=O) groups is 1. The number of thioether (sulfide) groups is 1. The van der Waals surface area contributed by atoms with Crippen LogP contribution in [0.3, 0.4) is 0 Å². The second-order valence-electron chi connectivity index (χ2n) is 6.64. The second kappa shape index (κ2) is 10.8. The summed E-state index contributed by atoms with van der Waals surface area (Å²) < 4.78 is 12.7. The number of benzene rings is 2. The first-order valence-corrected chi connectivity index (χ1v) is 11.8. The predicted molar refractivity (Wildman–Crippen MR) is 131 cm³/mol. The van der Waals surface area contributed by atoms with Gasteiger partial charge in [0.15, 0.2) is 22.5 Å². The number of hydrogen-bond donors (Lipinski definition) is 1. The fourth-order valence-electron chi connectivity index (χ4n) is 3.03. The van der Waals surface area contributed by atoms with Gasteiger partial charge in [-0.1, -0.05) is 36.0 Å². The van der Waals surface area contributed by atoms with Crippen LogP contribution < -0.4 is 14.9 Å². The van der Waals surface area contributed by atoms with Crippen molar-refractivity contribution in [3.8, 4) is 28.6 Å². The van der Waals surface area contributed by atoms with Crippen molar-refractivity contribution in [2.75, 3.05) is 20.0 Å². The first-order chi connectivity index (χ1) is 16.2. The van der Waals surface area contributed by atoms with Crippen LogP contribution in [-0.2, 0) is 4.79 Å². The molecule has 10 heteroatoms. The lowest BCUT2D eigenvalue weighted by Gasteiger charge is -2.12. The Hall–Kier alpha value is -3.63. The molecule has 33 heavy (non-hydrogen) atoms. The van der Waals surface area contributed by atoms with Crippen LogP contribution >= 0.6 is 23.1 Å². The molecule has 1 amide bonds. The van der Waals surface area contributed by atoms with Crippen LogP contribution in [0.4, 0.5) is 0 Å². The minimum atomic E-state index is -0.233. The van der Waals surface area contributed by atoms with Crippen LogP contribution in [-0.4, -0.2) is 46.9 Å². The predicted octanol–water partition coefficient (Wildman–Crippen LogP) is 4.26. The average molecular weight is 480 g/mol. The zero-order valence-electron chi connectivity index (χ0n) is 18.0. The summed E-state index contributed by atoms with van der Waals surface area (Å²) >= 11 is 2.83. The molecular formula is C23H21N5O3S2. The highest BCUT2D eigenvalue weighted by Gasteiger charge is 2.18. The fraction of sp³-hybridized carbons (Fsp3) is 0.130. The molecule has 0 saturated heterocycles. The van der Waals surface area contributed by atoms with Crippen LogP contribution in [0.5, 0.6) is 11.5 Å². The number of ether oxygens (including phenoxy) is 2. The van der Waals surface area contributed by atoms with E-state index >= 15 is 0 Å². The molecule has 2 aromatic carbocycles. The lowest BCUT2D eigenvalue weighted by Crippen LogP contribution is -2.19. The molecule has 0 aliphatic carbocycles. The van der Waals surface area contributed by atoms with Gasteiger partial charge in [0, 0.05) is 16.1 Å². The maximum Gasteiger partial charge on any atom is 0.250 e. The highest BCUT2D eigenvalue weighted by Crippen LogP contribution is 2.34. The molecule has 4 rings (SSSR count). The summed E-state index contributed by atoms with van der Waals surface area (Å²) in [6.07, 6.45) is 1.62. The van der Waals surface area contributed by atoms with Crippen molar-refractivity contribution >= 4 is 35.2 Å². The Bertz CT molecular complexity index is 1240. The summed E-state index contributed by atoms with van der Waals surface area (Å²) in [7, 11) is 3.18. The standard InChI is InChI=1S/C23H21N5O3S2/c1-30-19-11-10-16(13-20(19)31-2)22-26-27-23(28(22)17-7-4-3-5-8-17)33-15-21(29)25-24-14-18-9-6-12-32-18/h3-14H,15H2,1-2H3,(H,25,29)/b24-14-. The van der Waals surface area contributed by atoms with Gasteiger partial charge in [-0.15, -0.1) is 21.5 Å². The third-order valence-corrected chi connectivity index (χ3v) is 6.28. The van der Waals surface area contributed by atoms with Crippen molar-refractivity contribution < 1.29 is 14.3 Å². The molecule has 0 bridgehead atoms. The molecule has 0 spiro atoms. The van der Waals surface area contributed by atoms with Gasteiger partial charge in [-0.3, -0.25) is 9.36 Å². The zero-order chi connectivity index (χ0) is 23.0. The highest BCUT2D eigenvalue weighted by atomic mass is 32.2. The number of nitrogens with zero attached hydrogens (tertiary/aromatic N) is 4. The van der Waals surface area contributed by atoms with Crippen LogP contribution in [0, 0.1) is 0 Å². The number of hydrazone groups is 1. The number of aromatic nitrogens is 3. The van der Waals surface area contributed by atoms with E-state index in [1.807, 2.05) is 70.6 Å². The van der Waals surface area contributed by atoms with E-state index in [-0.39, 0.29) is 11.7 Å². The Morgan fingerprint density at radius 2 is 1.91 bits per heavy atom. The Morgan fingerprint density at radius 3 is 2.64 bits per heavy atom. The lowest BCUT2D eigenvalue weighted by molar-refractivity contribution is -0.118. The van der Waals surface area contributed by atoms with E-state index in [4.69, 9.17) is 9.47 Å². The molecule has 0 fully saturated rings. The third-order valence-electron chi connectivity index (χ3n) is 4.55. The number of rotatable bonds is 9. The van der Waals surface area contributed by atoms with Crippen molar-refractivity contribution in [3.63, 3.8) is 0 Å². The summed E-state index contributed by atoms with van der Waals surface area (Å²) in [6, 6.07) is 19.2. The van der Waals surface area contributed by atoms with Crippen LogP contribution in [0.25, 0.3) is 17.1 Å². The molecule has 0 radical (unpaired) electrons. The number of hydrogen-bond acceptors (Lipinski definition) is 8. The van der Waals surface area contributed by atoms with E-state index in [1.165, 1.54) is 11.8 Å². The Morgan fingerprint density at radius 1 is 1.09 bits per heavy atom. The van der Waals surface area contributed by atoms with Gasteiger partial charge in [-0.25, -0.2) is 5.43 Å². The van der Waals surface area contributed by atoms with Gasteiger partial charge < -0.3 is 9.47 Å². The number of para-hydroxylation sites is 1. The number of thiophene rings is 1. The summed E-state index contributed by atoms with van der Waals surface area (Å²) in [4.78, 5) is 13.3. The molecule has 4 aromatic rings. The largest absolute Gasteiger partial charge is 0.493 e. The number of methoxy groups -OCH3 is 2. The molecule has 2 aromatic heterocycles. The van der Waals surface area contributed by atoms with Gasteiger partial charge in [-0.05, 0) is 41.8 Å². The molecule has 0 atom stereocenters. The molecule has 2 heterocycles. The monoisotopic (exact) mass is 479 g/mol. The summed E-state index contributed by atoms with van der Waals surface area (Å²) in [6.45, 7) is 0. The van der Waals surface area contributed by atoms with E-state index in [1.54, 1.807) is 31.8 Å². The van der Waals surface area contributed by atoms with Gasteiger partial charge in [0.25, 0.3) is 5.91 Å². The average Bonchev–Trinajstić information content (AvgIpc) is 3.53. The first-order valence-electron chi connectivity index (χ1n) is 9.91. The quantitative estimate of drug-likeness (QED) is 0.219. The van der Waals surface area contributed by atoms with Crippen molar-refractivity contribution in [2.24, 2.45) is 5.10 Å². The molecular weight excluding hydrogens is 458 g/mol. The second-order valence-corrected chi connectivity index (χ2v) is 8.57. The molecule has 0 aliphatic heterocycles. The molecule has 0 unspecified atom stereocenters. The lowest BCUT2D eigenvalue weighted by atomic mass is 10.2. The number of amides is 1. The van der Waals surface area contributed by atoms with E-state index in [0.29, 0.717) is 22.5 Å². The van der Waals surface area contributed by atoms with Gasteiger partial charge in [-0.2, -0.15) is 5.10 Å². The van der Waals surface area contributed by atoms with Gasteiger partial charge >= 0.3 is 0 Å². The SMILES string of the molecule is COc1ccc(-c2nnc(SCC(=O)N/N=C\c3cccs3)n2-c2ccccc2)cc1OC. The van der Waals surface area contributed by atoms with Crippen molar-refractivity contribution in [3.05, 3.63) is 70.9 Å². The highest BCUT2D eigenvalue weighted by molar-refractivity contribution is 7.99. The van der Waals surface area contributed by atoms with Crippen molar-refractivity contribution in [2.45, 2.75) is 5.16 Å². The Balaban J connectivity index is 1.57. The van der Waals surface area contributed by atoms with E-state index < -0.39 is 0 Å². The van der Waals surface area contributed by atoms with Crippen LogP contribution in [0.1, 0.15) is 4.88 Å². The normalized spacial score (nSPS) is 11.0. The summed E-state index contributed by atoms with van der Waals surface area (Å²) in [5.74, 6) is 1.75. The van der Waals surface area contributed by atoms with Crippen molar-refractivity contribution in [1.29, 1.82) is 0 Å². The third kappa shape index (κ3) is 5.41. The van der Waals surface area contributed by atoms with E-state index in [9.17, 15) is 4.79 Å². The van der Waals surface area contributed by atoms with Crippen LogP contribution in [0.15, 0.2) is 76.3 Å². The zero-order valence-corrected chi connectivity index (χ0v) is 19.6. The maximum atomic E-state index is 12.3. The first kappa shape index (κ1) is 22.6. The van der Waals surface area contributed by atoms with Crippen LogP contribution in [0.2, 0.25) is 0 Å². The Labute approximate surface area is 199 Å². The summed E-state index contributed by atoms with van der Waals surface area (Å²) in [5.41, 5.74) is 4.23. The molecule has 168 valence electrons. The van der Waals surface area contributed by atoms with Gasteiger partial charge in [0.1, 0.15) is 0 Å². The molecule has 8 nitrogen and oxygen atoms in total. The molecule has 0 aliphatic rings. The topological polar surface area (TPSA) is 90.6 Å². The molecule has 1 N–H and O–H groups in total. The Kier molecular flexibility index (Phi) is 7.38. The van der Waals surface area contributed by atoms with E-state index in [2.05, 4.69) is 20.7 Å². The van der Waals surface area contributed by atoms with Crippen molar-refractivity contribution in [1.82, 2.24) is 20.2 Å². The number of carbonyl (C=O) groups excluding carboxylic acids is 1. The van der Waals surface area contributed by atoms with Gasteiger partial charge in [0.2, 0.25) is 0 Å². The van der Waals surface area contributed by atoms with Gasteiger partial charge in [0.05, 0.1) is 26.2 Å². The maximum absolute atomic E-state index is 12.3. The minimum absolute atomic E-state index is 0.138.